The molecule has 0 unspecified atom stereocenters. The first-order chi connectivity index (χ1) is 18.6. The summed E-state index contributed by atoms with van der Waals surface area (Å²) in [6.45, 7) is 8.13. The number of halogens is 1. The summed E-state index contributed by atoms with van der Waals surface area (Å²) in [7, 11) is 0. The van der Waals surface area contributed by atoms with Crippen LogP contribution in [0.25, 0.3) is 22.3 Å². The van der Waals surface area contributed by atoms with Crippen molar-refractivity contribution >= 4 is 16.9 Å². The Balaban J connectivity index is 1.34. The lowest BCUT2D eigenvalue weighted by molar-refractivity contribution is -0.127. The molecule has 0 spiro atoms. The van der Waals surface area contributed by atoms with Gasteiger partial charge in [0, 0.05) is 50.0 Å². The van der Waals surface area contributed by atoms with Crippen molar-refractivity contribution in [1.29, 1.82) is 0 Å². The molecule has 2 N–H and O–H groups in total. The molecule has 204 valence electrons. The maximum absolute atomic E-state index is 14.2. The molecule has 39 heavy (non-hydrogen) atoms. The second-order valence-corrected chi connectivity index (χ2v) is 11.4. The van der Waals surface area contributed by atoms with E-state index in [0.717, 1.165) is 43.0 Å². The fourth-order valence-corrected chi connectivity index (χ4v) is 4.93. The molecule has 9 nitrogen and oxygen atoms in total. The van der Waals surface area contributed by atoms with Crippen molar-refractivity contribution in [2.45, 2.75) is 57.4 Å². The standard InChI is InChI=1S/C29H34FN7O2/c1-28(2,38)29(3,39)25-14-23-24(16-31-25)33-26(20-15-32-37(18-20)21-8-9-21)27(34-23)36-12-10-35(11-13-36)17-19-6-4-5-7-22(19)30/h4-7,14-16,18,21,38-39H,8-13,17H2,1-3H3/t29-/m0/s1. The minimum Gasteiger partial charge on any atom is -0.387 e. The number of hydrogen-bond acceptors (Lipinski definition) is 8. The van der Waals surface area contributed by atoms with Crippen LogP contribution in [0.1, 0.15) is 50.9 Å². The first kappa shape index (κ1) is 25.8. The summed E-state index contributed by atoms with van der Waals surface area (Å²) in [6, 6.07) is 9.07. The Labute approximate surface area is 226 Å². The summed E-state index contributed by atoms with van der Waals surface area (Å²) < 4.78 is 16.2. The van der Waals surface area contributed by atoms with Crippen molar-refractivity contribution in [3.8, 4) is 11.3 Å². The average Bonchev–Trinajstić information content (AvgIpc) is 3.65. The molecule has 6 rings (SSSR count). The molecule has 2 aliphatic rings. The smallest absolute Gasteiger partial charge is 0.156 e. The van der Waals surface area contributed by atoms with Gasteiger partial charge >= 0.3 is 0 Å². The first-order valence-electron chi connectivity index (χ1n) is 13.5. The quantitative estimate of drug-likeness (QED) is 0.373. The van der Waals surface area contributed by atoms with Gasteiger partial charge in [-0.1, -0.05) is 18.2 Å². The number of fused-ring (bicyclic) bond motifs is 1. The summed E-state index contributed by atoms with van der Waals surface area (Å²) in [5, 5.41) is 26.2. The van der Waals surface area contributed by atoms with Crippen LogP contribution < -0.4 is 4.90 Å². The van der Waals surface area contributed by atoms with E-state index in [0.29, 0.717) is 48.0 Å². The van der Waals surface area contributed by atoms with E-state index in [1.807, 2.05) is 29.2 Å². The summed E-state index contributed by atoms with van der Waals surface area (Å²) in [4.78, 5) is 18.9. The molecule has 1 aliphatic heterocycles. The Kier molecular flexibility index (Phi) is 6.36. The average molecular weight is 532 g/mol. The van der Waals surface area contributed by atoms with Gasteiger partial charge in [-0.15, -0.1) is 0 Å². The number of aromatic nitrogens is 5. The van der Waals surface area contributed by atoms with E-state index in [9.17, 15) is 14.6 Å². The Morgan fingerprint density at radius 1 is 0.974 bits per heavy atom. The van der Waals surface area contributed by atoms with E-state index in [-0.39, 0.29) is 5.82 Å². The zero-order valence-electron chi connectivity index (χ0n) is 22.5. The highest BCUT2D eigenvalue weighted by Crippen LogP contribution is 2.37. The van der Waals surface area contributed by atoms with Gasteiger partial charge in [-0.3, -0.25) is 14.6 Å². The molecule has 0 amide bonds. The third-order valence-corrected chi connectivity index (χ3v) is 8.04. The summed E-state index contributed by atoms with van der Waals surface area (Å²) in [5.41, 5.74) is 0.859. The number of anilines is 1. The Hall–Kier alpha value is -3.47. The summed E-state index contributed by atoms with van der Waals surface area (Å²) >= 11 is 0. The lowest BCUT2D eigenvalue weighted by Crippen LogP contribution is -2.46. The van der Waals surface area contributed by atoms with Crippen molar-refractivity contribution < 1.29 is 14.6 Å². The van der Waals surface area contributed by atoms with Gasteiger partial charge in [0.2, 0.25) is 0 Å². The molecule has 0 bridgehead atoms. The van der Waals surface area contributed by atoms with Gasteiger partial charge < -0.3 is 15.1 Å². The van der Waals surface area contributed by atoms with E-state index >= 15 is 0 Å². The molecule has 4 aromatic rings. The second-order valence-electron chi connectivity index (χ2n) is 11.4. The van der Waals surface area contributed by atoms with Crippen LogP contribution in [-0.4, -0.2) is 71.6 Å². The normalized spacial score (nSPS) is 18.5. The van der Waals surface area contributed by atoms with Crippen LogP contribution in [0, 0.1) is 5.82 Å². The number of piperazine rings is 1. The number of pyridine rings is 1. The van der Waals surface area contributed by atoms with Crippen LogP contribution in [-0.2, 0) is 12.1 Å². The minimum absolute atomic E-state index is 0.179. The van der Waals surface area contributed by atoms with Crippen molar-refractivity contribution in [2.24, 2.45) is 0 Å². The molecule has 0 radical (unpaired) electrons. The lowest BCUT2D eigenvalue weighted by atomic mass is 9.84. The van der Waals surface area contributed by atoms with Gasteiger partial charge in [-0.05, 0) is 45.7 Å². The van der Waals surface area contributed by atoms with Crippen LogP contribution >= 0.6 is 0 Å². The maximum Gasteiger partial charge on any atom is 0.156 e. The van der Waals surface area contributed by atoms with E-state index in [1.54, 1.807) is 39.1 Å². The molecule has 1 aromatic carbocycles. The highest BCUT2D eigenvalue weighted by Gasteiger charge is 2.41. The molecule has 10 heteroatoms. The van der Waals surface area contributed by atoms with Crippen LogP contribution in [0.15, 0.2) is 48.9 Å². The molecule has 2 fully saturated rings. The van der Waals surface area contributed by atoms with Crippen molar-refractivity contribution in [3.63, 3.8) is 0 Å². The van der Waals surface area contributed by atoms with Gasteiger partial charge in [-0.25, -0.2) is 14.4 Å². The first-order valence-corrected chi connectivity index (χ1v) is 13.5. The highest BCUT2D eigenvalue weighted by molar-refractivity contribution is 5.83. The third-order valence-electron chi connectivity index (χ3n) is 8.04. The number of rotatable bonds is 7. The predicted molar refractivity (Wildman–Crippen MR) is 147 cm³/mol. The third kappa shape index (κ3) is 4.99. The van der Waals surface area contributed by atoms with E-state index in [1.165, 1.54) is 6.07 Å². The molecular formula is C29H34FN7O2. The van der Waals surface area contributed by atoms with Gasteiger partial charge in [-0.2, -0.15) is 5.10 Å². The van der Waals surface area contributed by atoms with Crippen LogP contribution in [0.3, 0.4) is 0 Å². The maximum atomic E-state index is 14.2. The highest BCUT2D eigenvalue weighted by atomic mass is 19.1. The molecule has 1 atom stereocenters. The van der Waals surface area contributed by atoms with Gasteiger partial charge in [0.05, 0.1) is 35.2 Å². The largest absolute Gasteiger partial charge is 0.387 e. The number of hydrogen-bond donors (Lipinski definition) is 2. The van der Waals surface area contributed by atoms with E-state index in [4.69, 9.17) is 9.97 Å². The molecule has 4 heterocycles. The lowest BCUT2D eigenvalue weighted by Gasteiger charge is -2.36. The number of aliphatic hydroxyl groups is 2. The van der Waals surface area contributed by atoms with Crippen molar-refractivity contribution in [3.05, 3.63) is 66.0 Å². The molecule has 1 saturated heterocycles. The molecular weight excluding hydrogens is 497 g/mol. The minimum atomic E-state index is -1.58. The van der Waals surface area contributed by atoms with Crippen molar-refractivity contribution in [2.75, 3.05) is 31.1 Å². The predicted octanol–water partition coefficient (Wildman–Crippen LogP) is 3.66. The Morgan fingerprint density at radius 2 is 1.72 bits per heavy atom. The fourth-order valence-electron chi connectivity index (χ4n) is 4.93. The van der Waals surface area contributed by atoms with Crippen LogP contribution in [0.5, 0.6) is 0 Å². The Bertz CT molecular complexity index is 1500. The van der Waals surface area contributed by atoms with Crippen LogP contribution in [0.2, 0.25) is 0 Å². The SMILES string of the molecule is CC(C)(O)[C@@](C)(O)c1cc2nc(N3CCN(Cc4ccccc4F)CC3)c(-c3cnn(C4CC4)c3)nc2cn1. The van der Waals surface area contributed by atoms with E-state index < -0.39 is 11.2 Å². The molecule has 3 aromatic heterocycles. The van der Waals surface area contributed by atoms with Gasteiger partial charge in [0.15, 0.2) is 5.82 Å². The summed E-state index contributed by atoms with van der Waals surface area (Å²) in [5.74, 6) is 0.560. The Morgan fingerprint density at radius 3 is 2.41 bits per heavy atom. The zero-order chi connectivity index (χ0) is 27.4. The second kappa shape index (κ2) is 9.62. The number of nitrogens with zero attached hydrogens (tertiary/aromatic N) is 7. The zero-order valence-corrected chi connectivity index (χ0v) is 22.5. The topological polar surface area (TPSA) is 103 Å². The number of benzene rings is 1. The molecule has 1 saturated carbocycles. The summed E-state index contributed by atoms with van der Waals surface area (Å²) in [6.07, 6.45) is 7.74. The van der Waals surface area contributed by atoms with Gasteiger partial charge in [0.1, 0.15) is 22.6 Å². The van der Waals surface area contributed by atoms with E-state index in [2.05, 4.69) is 19.9 Å². The van der Waals surface area contributed by atoms with Gasteiger partial charge in [0.25, 0.3) is 0 Å². The molecule has 1 aliphatic carbocycles. The monoisotopic (exact) mass is 531 g/mol. The van der Waals surface area contributed by atoms with Crippen LogP contribution in [0.4, 0.5) is 10.2 Å². The van der Waals surface area contributed by atoms with Crippen molar-refractivity contribution in [1.82, 2.24) is 29.6 Å². The fraction of sp³-hybridized carbons (Fsp3) is 0.448.